The van der Waals surface area contributed by atoms with Gasteiger partial charge in [0, 0.05) is 36.8 Å². The molecule has 0 spiro atoms. The van der Waals surface area contributed by atoms with Crippen molar-refractivity contribution >= 4 is 29.0 Å². The maximum atomic E-state index is 13.1. The molecular weight excluding hydrogens is 385 g/mol. The van der Waals surface area contributed by atoms with E-state index in [1.165, 1.54) is 22.6 Å². The van der Waals surface area contributed by atoms with Gasteiger partial charge in [0.05, 0.1) is 10.9 Å². The molecule has 2 aromatic carbocycles. The van der Waals surface area contributed by atoms with Crippen molar-refractivity contribution in [2.45, 2.75) is 36.3 Å². The Hall–Kier alpha value is -2.05. The number of nitrogens with zero attached hydrogens (tertiary/aromatic N) is 2. The zero-order chi connectivity index (χ0) is 20.2. The number of rotatable bonds is 6. The third kappa shape index (κ3) is 4.75. The average molecular weight is 414 g/mol. The number of hydrogen-bond donors (Lipinski definition) is 1. The lowest BCUT2D eigenvalue weighted by atomic mass is 10.1. The fraction of sp³-hybridized carbons (Fsp3) is 0.435. The van der Waals surface area contributed by atoms with Crippen LogP contribution in [0, 0.1) is 5.82 Å². The standard InChI is InChI=1S/C23H28FN3OS/c1-2-17-5-3-6-20-22(17)25-23(28)21(29-20)7-4-12-26-13-15-27(16-14-26)19-10-8-18(24)9-11-19/h3,5-6,8-11,21H,2,4,7,12-16H2,1H3,(H,25,28). The van der Waals surface area contributed by atoms with E-state index < -0.39 is 0 Å². The van der Waals surface area contributed by atoms with Crippen molar-refractivity contribution < 1.29 is 9.18 Å². The first-order chi connectivity index (χ1) is 14.1. The second kappa shape index (κ2) is 9.18. The fourth-order valence-corrected chi connectivity index (χ4v) is 5.31. The number of para-hydroxylation sites is 1. The van der Waals surface area contributed by atoms with Crippen molar-refractivity contribution in [3.8, 4) is 0 Å². The van der Waals surface area contributed by atoms with Gasteiger partial charge in [0.25, 0.3) is 0 Å². The SMILES string of the molecule is CCc1cccc2c1NC(=O)C(CCCN1CCN(c3ccc(F)cc3)CC1)S2. The molecule has 29 heavy (non-hydrogen) atoms. The Morgan fingerprint density at radius 2 is 1.86 bits per heavy atom. The van der Waals surface area contributed by atoms with Crippen LogP contribution >= 0.6 is 11.8 Å². The molecule has 1 fully saturated rings. The van der Waals surface area contributed by atoms with Crippen LogP contribution in [-0.4, -0.2) is 48.8 Å². The average Bonchev–Trinajstić information content (AvgIpc) is 2.75. The van der Waals surface area contributed by atoms with Crippen molar-refractivity contribution in [3.63, 3.8) is 0 Å². The smallest absolute Gasteiger partial charge is 0.237 e. The Bertz CT molecular complexity index is 850. The van der Waals surface area contributed by atoms with Crippen LogP contribution in [0.25, 0.3) is 0 Å². The number of hydrogen-bond acceptors (Lipinski definition) is 4. The highest BCUT2D eigenvalue weighted by atomic mass is 32.2. The van der Waals surface area contributed by atoms with Crippen molar-refractivity contribution in [2.75, 3.05) is 42.9 Å². The topological polar surface area (TPSA) is 35.6 Å². The molecule has 2 aliphatic rings. The molecule has 6 heteroatoms. The minimum atomic E-state index is -0.189. The van der Waals surface area contributed by atoms with Gasteiger partial charge in [-0.05, 0) is 61.7 Å². The van der Waals surface area contributed by atoms with E-state index in [0.29, 0.717) is 0 Å². The maximum Gasteiger partial charge on any atom is 0.237 e. The van der Waals surface area contributed by atoms with Gasteiger partial charge in [0.1, 0.15) is 5.82 Å². The van der Waals surface area contributed by atoms with Crippen LogP contribution < -0.4 is 10.2 Å². The number of piperazine rings is 1. The number of anilines is 2. The summed E-state index contributed by atoms with van der Waals surface area (Å²) in [5, 5.41) is 3.13. The minimum Gasteiger partial charge on any atom is -0.369 e. The largest absolute Gasteiger partial charge is 0.369 e. The van der Waals surface area contributed by atoms with Crippen LogP contribution in [0.5, 0.6) is 0 Å². The highest BCUT2D eigenvalue weighted by Gasteiger charge is 2.28. The predicted molar refractivity (Wildman–Crippen MR) is 118 cm³/mol. The molecule has 0 radical (unpaired) electrons. The van der Waals surface area contributed by atoms with E-state index in [-0.39, 0.29) is 17.0 Å². The van der Waals surface area contributed by atoms with Gasteiger partial charge in [-0.15, -0.1) is 11.8 Å². The van der Waals surface area contributed by atoms with Crippen LogP contribution in [0.1, 0.15) is 25.3 Å². The first-order valence-corrected chi connectivity index (χ1v) is 11.3. The molecule has 1 N–H and O–H groups in total. The second-order valence-electron chi connectivity index (χ2n) is 7.69. The van der Waals surface area contributed by atoms with Crippen LogP contribution in [0.4, 0.5) is 15.8 Å². The molecule has 2 aromatic rings. The molecule has 1 atom stereocenters. The van der Waals surface area contributed by atoms with Crippen LogP contribution in [-0.2, 0) is 11.2 Å². The van der Waals surface area contributed by atoms with Crippen molar-refractivity contribution in [2.24, 2.45) is 0 Å². The van der Waals surface area contributed by atoms with Gasteiger partial charge in [-0.3, -0.25) is 9.69 Å². The Labute approximate surface area is 176 Å². The Kier molecular flexibility index (Phi) is 6.40. The zero-order valence-corrected chi connectivity index (χ0v) is 17.7. The molecule has 4 nitrogen and oxygen atoms in total. The molecule has 2 heterocycles. The monoisotopic (exact) mass is 413 g/mol. The van der Waals surface area contributed by atoms with Crippen molar-refractivity contribution in [3.05, 3.63) is 53.8 Å². The molecule has 154 valence electrons. The lowest BCUT2D eigenvalue weighted by molar-refractivity contribution is -0.116. The highest BCUT2D eigenvalue weighted by Crippen LogP contribution is 2.39. The van der Waals surface area contributed by atoms with Crippen molar-refractivity contribution in [1.82, 2.24) is 4.90 Å². The van der Waals surface area contributed by atoms with Crippen LogP contribution in [0.3, 0.4) is 0 Å². The van der Waals surface area contributed by atoms with Crippen LogP contribution in [0.15, 0.2) is 47.4 Å². The summed E-state index contributed by atoms with van der Waals surface area (Å²) in [7, 11) is 0. The van der Waals surface area contributed by atoms with Crippen molar-refractivity contribution in [1.29, 1.82) is 0 Å². The van der Waals surface area contributed by atoms with Gasteiger partial charge in [-0.25, -0.2) is 4.39 Å². The first-order valence-electron chi connectivity index (χ1n) is 10.5. The number of benzene rings is 2. The van der Waals surface area contributed by atoms with Crippen LogP contribution in [0.2, 0.25) is 0 Å². The zero-order valence-electron chi connectivity index (χ0n) is 16.9. The van der Waals surface area contributed by atoms with Gasteiger partial charge < -0.3 is 10.2 Å². The number of aryl methyl sites for hydroxylation is 1. The summed E-state index contributed by atoms with van der Waals surface area (Å²) in [6.45, 7) is 7.06. The molecule has 1 saturated heterocycles. The molecule has 0 aromatic heterocycles. The number of amides is 1. The fourth-order valence-electron chi connectivity index (χ4n) is 4.09. The van der Waals surface area contributed by atoms with Gasteiger partial charge in [-0.2, -0.15) is 0 Å². The quantitative estimate of drug-likeness (QED) is 0.761. The van der Waals surface area contributed by atoms with E-state index in [2.05, 4.69) is 40.2 Å². The summed E-state index contributed by atoms with van der Waals surface area (Å²) in [4.78, 5) is 18.5. The normalized spacial score (nSPS) is 19.7. The molecule has 4 rings (SSSR count). The number of thioether (sulfide) groups is 1. The van der Waals surface area contributed by atoms with E-state index in [1.807, 2.05) is 12.1 Å². The summed E-state index contributed by atoms with van der Waals surface area (Å²) in [5.41, 5.74) is 3.31. The second-order valence-corrected chi connectivity index (χ2v) is 8.93. The lowest BCUT2D eigenvalue weighted by Crippen LogP contribution is -2.46. The van der Waals surface area contributed by atoms with E-state index in [1.54, 1.807) is 11.8 Å². The van der Waals surface area contributed by atoms with Gasteiger partial charge >= 0.3 is 0 Å². The molecule has 2 aliphatic heterocycles. The molecule has 0 bridgehead atoms. The summed E-state index contributed by atoms with van der Waals surface area (Å²) in [6.07, 6.45) is 2.84. The Morgan fingerprint density at radius 3 is 2.59 bits per heavy atom. The summed E-state index contributed by atoms with van der Waals surface area (Å²) >= 11 is 1.71. The third-order valence-electron chi connectivity index (χ3n) is 5.81. The summed E-state index contributed by atoms with van der Waals surface area (Å²) < 4.78 is 13.1. The minimum absolute atomic E-state index is 0.00453. The van der Waals surface area contributed by atoms with E-state index in [0.717, 1.165) is 63.4 Å². The third-order valence-corrected chi connectivity index (χ3v) is 7.14. The first kappa shape index (κ1) is 20.2. The predicted octanol–water partition coefficient (Wildman–Crippen LogP) is 4.40. The Balaban J connectivity index is 1.24. The van der Waals surface area contributed by atoms with Gasteiger partial charge in [-0.1, -0.05) is 19.1 Å². The number of halogens is 1. The van der Waals surface area contributed by atoms with E-state index in [4.69, 9.17) is 0 Å². The molecule has 0 saturated carbocycles. The molecule has 1 amide bonds. The van der Waals surface area contributed by atoms with Gasteiger partial charge in [0.15, 0.2) is 0 Å². The maximum absolute atomic E-state index is 13.1. The van der Waals surface area contributed by atoms with E-state index in [9.17, 15) is 9.18 Å². The molecule has 0 aliphatic carbocycles. The number of carbonyl (C=O) groups is 1. The van der Waals surface area contributed by atoms with Gasteiger partial charge in [0.2, 0.25) is 5.91 Å². The molecule has 1 unspecified atom stereocenters. The Morgan fingerprint density at radius 1 is 1.10 bits per heavy atom. The summed E-state index contributed by atoms with van der Waals surface area (Å²) in [5.74, 6) is -0.0462. The summed E-state index contributed by atoms with van der Waals surface area (Å²) in [6, 6.07) is 13.0. The number of carbonyl (C=O) groups excluding carboxylic acids is 1. The molecular formula is C23H28FN3OS. The highest BCUT2D eigenvalue weighted by molar-refractivity contribution is 8.01. The number of nitrogens with one attached hydrogen (secondary N) is 1. The number of fused-ring (bicyclic) bond motifs is 1. The lowest BCUT2D eigenvalue weighted by Gasteiger charge is -2.36. The van der Waals surface area contributed by atoms with E-state index >= 15 is 0 Å².